The number of anilines is 2. The Labute approximate surface area is 198 Å². The first kappa shape index (κ1) is 23.7. The predicted molar refractivity (Wildman–Crippen MR) is 129 cm³/mol. The fraction of sp³-hybridized carbons (Fsp3) is 0.240. The first-order valence-electron chi connectivity index (χ1n) is 10.9. The quantitative estimate of drug-likeness (QED) is 0.529. The van der Waals surface area contributed by atoms with E-state index in [0.717, 1.165) is 5.56 Å². The molecule has 0 atom stereocenters. The van der Waals surface area contributed by atoms with Crippen molar-refractivity contribution in [2.45, 2.75) is 18.4 Å². The second kappa shape index (κ2) is 9.82. The van der Waals surface area contributed by atoms with Crippen LogP contribution in [0.5, 0.6) is 0 Å². The molecular formula is C25H26FN3O4S. The van der Waals surface area contributed by atoms with E-state index in [2.05, 4.69) is 9.62 Å². The van der Waals surface area contributed by atoms with Crippen molar-refractivity contribution in [3.05, 3.63) is 89.2 Å². The number of aromatic carboxylic acids is 1. The number of aryl methyl sites for hydroxylation is 1. The Morgan fingerprint density at radius 1 is 1.00 bits per heavy atom. The average Bonchev–Trinajstić information content (AvgIpc) is 2.79. The van der Waals surface area contributed by atoms with E-state index in [0.29, 0.717) is 44.0 Å². The molecule has 9 heteroatoms. The molecule has 0 radical (unpaired) electrons. The summed E-state index contributed by atoms with van der Waals surface area (Å²) in [6.45, 7) is 4.95. The third-order valence-electron chi connectivity index (χ3n) is 5.88. The van der Waals surface area contributed by atoms with Crippen molar-refractivity contribution < 1.29 is 22.7 Å². The number of carboxylic acids is 1. The van der Waals surface area contributed by atoms with Gasteiger partial charge in [-0.2, -0.15) is 0 Å². The first-order chi connectivity index (χ1) is 16.2. The third-order valence-corrected chi connectivity index (χ3v) is 7.40. The van der Waals surface area contributed by atoms with Gasteiger partial charge in [-0.3, -0.25) is 9.62 Å². The molecule has 0 aliphatic carbocycles. The summed E-state index contributed by atoms with van der Waals surface area (Å²) in [5.74, 6) is -1.40. The van der Waals surface area contributed by atoms with Crippen LogP contribution < -0.4 is 9.62 Å². The molecule has 0 aromatic heterocycles. The highest BCUT2D eigenvalue weighted by Gasteiger charge is 2.24. The zero-order valence-corrected chi connectivity index (χ0v) is 19.6. The Bertz CT molecular complexity index is 1310. The van der Waals surface area contributed by atoms with Crippen LogP contribution >= 0.6 is 0 Å². The van der Waals surface area contributed by atoms with Gasteiger partial charge in [-0.05, 0) is 54.4 Å². The molecule has 0 unspecified atom stereocenters. The molecule has 4 rings (SSSR count). The summed E-state index contributed by atoms with van der Waals surface area (Å²) in [5, 5.41) is 9.44. The Hall–Kier alpha value is -3.43. The lowest BCUT2D eigenvalue weighted by atomic mass is 10.1. The summed E-state index contributed by atoms with van der Waals surface area (Å²) < 4.78 is 42.3. The molecule has 2 N–H and O–H groups in total. The van der Waals surface area contributed by atoms with Gasteiger partial charge >= 0.3 is 5.97 Å². The zero-order chi connectivity index (χ0) is 24.3. The molecule has 1 fully saturated rings. The minimum Gasteiger partial charge on any atom is -0.478 e. The lowest BCUT2D eigenvalue weighted by molar-refractivity contribution is 0.0697. The summed E-state index contributed by atoms with van der Waals surface area (Å²) >= 11 is 0. The van der Waals surface area contributed by atoms with E-state index in [4.69, 9.17) is 0 Å². The van der Waals surface area contributed by atoms with Gasteiger partial charge in [-0.1, -0.05) is 30.3 Å². The fourth-order valence-corrected chi connectivity index (χ4v) is 5.44. The van der Waals surface area contributed by atoms with Gasteiger partial charge in [0.15, 0.2) is 0 Å². The summed E-state index contributed by atoms with van der Waals surface area (Å²) in [4.78, 5) is 15.9. The standard InChI is InChI=1S/C25H26FN3O4S/c1-18-5-2-3-8-24(18)34(32,33)27-22-16-20(25(30)31)9-10-23(22)29-13-11-28(12-14-29)17-19-6-4-7-21(26)15-19/h2-10,15-16,27H,11-14,17H2,1H3,(H,30,31). The average molecular weight is 484 g/mol. The van der Waals surface area contributed by atoms with E-state index in [1.165, 1.54) is 30.3 Å². The van der Waals surface area contributed by atoms with Gasteiger partial charge in [-0.25, -0.2) is 17.6 Å². The molecule has 3 aromatic rings. The summed E-state index contributed by atoms with van der Waals surface area (Å²) in [6.07, 6.45) is 0. The highest BCUT2D eigenvalue weighted by molar-refractivity contribution is 7.92. The van der Waals surface area contributed by atoms with Crippen molar-refractivity contribution >= 4 is 27.4 Å². The van der Waals surface area contributed by atoms with Gasteiger partial charge in [0.2, 0.25) is 0 Å². The summed E-state index contributed by atoms with van der Waals surface area (Å²) in [6, 6.07) is 17.6. The molecule has 7 nitrogen and oxygen atoms in total. The molecule has 0 amide bonds. The SMILES string of the molecule is Cc1ccccc1S(=O)(=O)Nc1cc(C(=O)O)ccc1N1CCN(Cc2cccc(F)c2)CC1. The third kappa shape index (κ3) is 5.37. The zero-order valence-electron chi connectivity index (χ0n) is 18.7. The van der Waals surface area contributed by atoms with E-state index in [1.54, 1.807) is 37.3 Å². The Balaban J connectivity index is 1.55. The van der Waals surface area contributed by atoms with Gasteiger partial charge < -0.3 is 10.0 Å². The van der Waals surface area contributed by atoms with E-state index >= 15 is 0 Å². The van der Waals surface area contributed by atoms with Crippen LogP contribution in [-0.2, 0) is 16.6 Å². The van der Waals surface area contributed by atoms with Gasteiger partial charge in [0.1, 0.15) is 5.82 Å². The number of sulfonamides is 1. The Morgan fingerprint density at radius 3 is 2.41 bits per heavy atom. The molecule has 0 bridgehead atoms. The van der Waals surface area contributed by atoms with Crippen molar-refractivity contribution in [3.8, 4) is 0 Å². The van der Waals surface area contributed by atoms with Crippen LogP contribution in [0.25, 0.3) is 0 Å². The second-order valence-corrected chi connectivity index (χ2v) is 9.95. The van der Waals surface area contributed by atoms with Crippen molar-refractivity contribution in [3.63, 3.8) is 0 Å². The minimum absolute atomic E-state index is 0.00373. The normalized spacial score (nSPS) is 14.7. The van der Waals surface area contributed by atoms with E-state index in [1.807, 2.05) is 11.0 Å². The number of nitrogens with zero attached hydrogens (tertiary/aromatic N) is 2. The number of rotatable bonds is 7. The Morgan fingerprint density at radius 2 is 1.74 bits per heavy atom. The molecule has 34 heavy (non-hydrogen) atoms. The maximum atomic E-state index is 13.5. The largest absolute Gasteiger partial charge is 0.478 e. The molecule has 1 aliphatic heterocycles. The van der Waals surface area contributed by atoms with E-state index in [-0.39, 0.29) is 22.0 Å². The fourth-order valence-electron chi connectivity index (χ4n) is 4.12. The molecule has 1 saturated heterocycles. The van der Waals surface area contributed by atoms with Crippen LogP contribution in [-0.4, -0.2) is 50.6 Å². The van der Waals surface area contributed by atoms with Crippen LogP contribution in [0, 0.1) is 12.7 Å². The molecule has 3 aromatic carbocycles. The maximum Gasteiger partial charge on any atom is 0.335 e. The number of benzene rings is 3. The molecule has 178 valence electrons. The van der Waals surface area contributed by atoms with Crippen molar-refractivity contribution in [1.82, 2.24) is 4.90 Å². The van der Waals surface area contributed by atoms with Gasteiger partial charge in [-0.15, -0.1) is 0 Å². The van der Waals surface area contributed by atoms with Gasteiger partial charge in [0, 0.05) is 32.7 Å². The topological polar surface area (TPSA) is 89.9 Å². The minimum atomic E-state index is -3.92. The number of carbonyl (C=O) groups is 1. The lowest BCUT2D eigenvalue weighted by Crippen LogP contribution is -2.46. The second-order valence-electron chi connectivity index (χ2n) is 8.30. The number of nitrogens with one attached hydrogen (secondary N) is 1. The van der Waals surface area contributed by atoms with Crippen LogP contribution in [0.3, 0.4) is 0 Å². The summed E-state index contributed by atoms with van der Waals surface area (Å²) in [5.41, 5.74) is 2.33. The molecule has 0 spiro atoms. The first-order valence-corrected chi connectivity index (χ1v) is 12.4. The van der Waals surface area contributed by atoms with Crippen LogP contribution in [0.4, 0.5) is 15.8 Å². The van der Waals surface area contributed by atoms with Crippen molar-refractivity contribution in [2.24, 2.45) is 0 Å². The Kier molecular flexibility index (Phi) is 6.85. The number of halogens is 1. The number of piperazine rings is 1. The number of hydrogen-bond donors (Lipinski definition) is 2. The smallest absolute Gasteiger partial charge is 0.335 e. The van der Waals surface area contributed by atoms with Gasteiger partial charge in [0.25, 0.3) is 10.0 Å². The molecule has 1 aliphatic rings. The predicted octanol–water partition coefficient (Wildman–Crippen LogP) is 3.96. The van der Waals surface area contributed by atoms with Crippen LogP contribution in [0.2, 0.25) is 0 Å². The maximum absolute atomic E-state index is 13.5. The van der Waals surface area contributed by atoms with Crippen molar-refractivity contribution in [2.75, 3.05) is 35.8 Å². The van der Waals surface area contributed by atoms with E-state index in [9.17, 15) is 22.7 Å². The molecule has 1 heterocycles. The number of hydrogen-bond acceptors (Lipinski definition) is 5. The van der Waals surface area contributed by atoms with Crippen molar-refractivity contribution in [1.29, 1.82) is 0 Å². The summed E-state index contributed by atoms with van der Waals surface area (Å²) in [7, 11) is -3.92. The molecule has 0 saturated carbocycles. The molecular weight excluding hydrogens is 457 g/mol. The highest BCUT2D eigenvalue weighted by atomic mass is 32.2. The van der Waals surface area contributed by atoms with Crippen LogP contribution in [0.1, 0.15) is 21.5 Å². The van der Waals surface area contributed by atoms with E-state index < -0.39 is 16.0 Å². The lowest BCUT2D eigenvalue weighted by Gasteiger charge is -2.37. The van der Waals surface area contributed by atoms with Gasteiger partial charge in [0.05, 0.1) is 21.8 Å². The highest BCUT2D eigenvalue weighted by Crippen LogP contribution is 2.31. The number of carboxylic acid groups (broad SMARTS) is 1. The van der Waals surface area contributed by atoms with Crippen LogP contribution in [0.15, 0.2) is 71.6 Å². The monoisotopic (exact) mass is 483 g/mol.